The molecule has 0 aliphatic carbocycles. The van der Waals surface area contributed by atoms with Gasteiger partial charge < -0.3 is 16.0 Å². The summed E-state index contributed by atoms with van der Waals surface area (Å²) in [5.74, 6) is 0.308. The number of carbonyl (C=O) groups is 1. The molecule has 0 fully saturated rings. The number of anilines is 1. The number of pyridine rings is 1. The molecule has 0 aromatic carbocycles. The first-order valence-corrected chi connectivity index (χ1v) is 6.08. The number of hydrogen-bond donors (Lipinski definition) is 2. The van der Waals surface area contributed by atoms with Crippen LogP contribution in [-0.2, 0) is 0 Å². The van der Waals surface area contributed by atoms with Crippen LogP contribution in [0.3, 0.4) is 0 Å². The van der Waals surface area contributed by atoms with E-state index in [4.69, 9.17) is 5.73 Å². The summed E-state index contributed by atoms with van der Waals surface area (Å²) >= 11 is 0. The first kappa shape index (κ1) is 14.4. The lowest BCUT2D eigenvalue weighted by Gasteiger charge is -2.27. The van der Waals surface area contributed by atoms with Gasteiger partial charge in [0.25, 0.3) is 5.91 Å². The Hall–Kier alpha value is -1.62. The molecule has 1 aromatic heterocycles. The second-order valence-electron chi connectivity index (χ2n) is 4.96. The molecule has 1 unspecified atom stereocenters. The molecule has 0 saturated carbocycles. The number of carbonyl (C=O) groups excluding carboxylic acids is 1. The Labute approximate surface area is 108 Å². The molecule has 5 heteroatoms. The van der Waals surface area contributed by atoms with E-state index in [1.165, 1.54) is 6.20 Å². The van der Waals surface area contributed by atoms with Crippen LogP contribution in [0.15, 0.2) is 18.3 Å². The quantitative estimate of drug-likeness (QED) is 0.817. The second-order valence-corrected chi connectivity index (χ2v) is 4.96. The molecule has 1 rings (SSSR count). The Morgan fingerprint density at radius 3 is 2.56 bits per heavy atom. The van der Waals surface area contributed by atoms with Crippen LogP contribution < -0.4 is 11.1 Å². The summed E-state index contributed by atoms with van der Waals surface area (Å²) in [5, 5.41) is 2.90. The predicted molar refractivity (Wildman–Crippen MR) is 73.3 cm³/mol. The molecule has 0 spiro atoms. The highest BCUT2D eigenvalue weighted by Crippen LogP contribution is 2.06. The first-order chi connectivity index (χ1) is 8.41. The molecule has 0 aliphatic rings. The predicted octanol–water partition coefficient (Wildman–Crippen LogP) is 0.980. The van der Waals surface area contributed by atoms with E-state index in [-0.39, 0.29) is 5.91 Å². The van der Waals surface area contributed by atoms with Crippen molar-refractivity contribution in [1.82, 2.24) is 15.2 Å². The third-order valence-electron chi connectivity index (χ3n) is 2.92. The van der Waals surface area contributed by atoms with Crippen LogP contribution in [0.1, 0.15) is 24.3 Å². The Kier molecular flexibility index (Phi) is 5.09. The van der Waals surface area contributed by atoms with E-state index >= 15 is 0 Å². The normalized spacial score (nSPS) is 12.8. The van der Waals surface area contributed by atoms with Crippen molar-refractivity contribution in [2.75, 3.05) is 26.4 Å². The number of nitrogen functional groups attached to an aromatic ring is 1. The highest BCUT2D eigenvalue weighted by Gasteiger charge is 2.17. The van der Waals surface area contributed by atoms with Crippen molar-refractivity contribution in [2.24, 2.45) is 5.92 Å². The van der Waals surface area contributed by atoms with Crippen LogP contribution in [0.25, 0.3) is 0 Å². The number of hydrogen-bond acceptors (Lipinski definition) is 4. The van der Waals surface area contributed by atoms with Gasteiger partial charge in [0, 0.05) is 12.6 Å². The standard InChI is InChI=1S/C13H22N4O/c1-9(2)12(17(3)4)8-16-13(18)11-6-5-10(14)7-15-11/h5-7,9,12H,8,14H2,1-4H3,(H,16,18). The maximum absolute atomic E-state index is 11.9. The monoisotopic (exact) mass is 250 g/mol. The largest absolute Gasteiger partial charge is 0.397 e. The van der Waals surface area contributed by atoms with Crippen molar-refractivity contribution in [1.29, 1.82) is 0 Å². The average Bonchev–Trinajstić information content (AvgIpc) is 2.28. The minimum Gasteiger partial charge on any atom is -0.397 e. The van der Waals surface area contributed by atoms with Crippen LogP contribution in [0.2, 0.25) is 0 Å². The zero-order valence-electron chi connectivity index (χ0n) is 11.5. The van der Waals surface area contributed by atoms with Gasteiger partial charge in [0.15, 0.2) is 0 Å². The van der Waals surface area contributed by atoms with Crippen LogP contribution in [-0.4, -0.2) is 42.5 Å². The molecule has 1 aromatic rings. The van der Waals surface area contributed by atoms with Crippen LogP contribution in [0, 0.1) is 5.92 Å². The van der Waals surface area contributed by atoms with Gasteiger partial charge in [-0.05, 0) is 32.1 Å². The number of amides is 1. The van der Waals surface area contributed by atoms with Gasteiger partial charge in [-0.25, -0.2) is 4.98 Å². The number of nitrogens with one attached hydrogen (secondary N) is 1. The highest BCUT2D eigenvalue weighted by molar-refractivity contribution is 5.92. The fourth-order valence-electron chi connectivity index (χ4n) is 1.84. The maximum atomic E-state index is 11.9. The molecular formula is C13H22N4O. The van der Waals surface area contributed by atoms with Crippen molar-refractivity contribution >= 4 is 11.6 Å². The number of nitrogens with two attached hydrogens (primary N) is 1. The Morgan fingerprint density at radius 2 is 2.11 bits per heavy atom. The topological polar surface area (TPSA) is 71.2 Å². The minimum absolute atomic E-state index is 0.164. The van der Waals surface area contributed by atoms with Crippen molar-refractivity contribution in [3.05, 3.63) is 24.0 Å². The smallest absolute Gasteiger partial charge is 0.269 e. The number of likely N-dealkylation sites (N-methyl/N-ethyl adjacent to an activating group) is 1. The Bertz CT molecular complexity index is 378. The molecule has 100 valence electrons. The van der Waals surface area contributed by atoms with Crippen molar-refractivity contribution in [2.45, 2.75) is 19.9 Å². The van der Waals surface area contributed by atoms with E-state index in [2.05, 4.69) is 29.0 Å². The zero-order chi connectivity index (χ0) is 13.7. The van der Waals surface area contributed by atoms with E-state index in [1.54, 1.807) is 12.1 Å². The third-order valence-corrected chi connectivity index (χ3v) is 2.92. The minimum atomic E-state index is -0.164. The maximum Gasteiger partial charge on any atom is 0.269 e. The van der Waals surface area contributed by atoms with Crippen molar-refractivity contribution < 1.29 is 4.79 Å². The summed E-state index contributed by atoms with van der Waals surface area (Å²) in [6, 6.07) is 3.61. The van der Waals surface area contributed by atoms with Gasteiger partial charge in [0.2, 0.25) is 0 Å². The Morgan fingerprint density at radius 1 is 1.44 bits per heavy atom. The summed E-state index contributed by atoms with van der Waals surface area (Å²) in [4.78, 5) is 18.0. The van der Waals surface area contributed by atoms with Gasteiger partial charge in [-0.1, -0.05) is 13.8 Å². The van der Waals surface area contributed by atoms with Gasteiger partial charge in [0.1, 0.15) is 5.69 Å². The van der Waals surface area contributed by atoms with E-state index in [9.17, 15) is 4.79 Å². The van der Waals surface area contributed by atoms with E-state index in [0.29, 0.717) is 29.9 Å². The van der Waals surface area contributed by atoms with Gasteiger partial charge in [-0.2, -0.15) is 0 Å². The second kappa shape index (κ2) is 6.35. The molecule has 18 heavy (non-hydrogen) atoms. The molecule has 1 heterocycles. The highest BCUT2D eigenvalue weighted by atomic mass is 16.1. The molecule has 0 radical (unpaired) electrons. The summed E-state index contributed by atoms with van der Waals surface area (Å²) in [5.41, 5.74) is 6.48. The molecule has 1 amide bonds. The van der Waals surface area contributed by atoms with Crippen LogP contribution in [0.5, 0.6) is 0 Å². The summed E-state index contributed by atoms with van der Waals surface area (Å²) in [7, 11) is 4.02. The van der Waals surface area contributed by atoms with E-state index < -0.39 is 0 Å². The lowest BCUT2D eigenvalue weighted by Crippen LogP contribution is -2.43. The van der Waals surface area contributed by atoms with Crippen LogP contribution >= 0.6 is 0 Å². The van der Waals surface area contributed by atoms with Gasteiger partial charge in [0.05, 0.1) is 11.9 Å². The molecule has 0 saturated heterocycles. The molecule has 3 N–H and O–H groups in total. The van der Waals surface area contributed by atoms with Crippen molar-refractivity contribution in [3.8, 4) is 0 Å². The third kappa shape index (κ3) is 4.00. The molecular weight excluding hydrogens is 228 g/mol. The number of aromatic nitrogens is 1. The summed E-state index contributed by atoms with van der Waals surface area (Å²) in [6.45, 7) is 4.88. The van der Waals surface area contributed by atoms with Gasteiger partial charge in [-0.3, -0.25) is 4.79 Å². The fraction of sp³-hybridized carbons (Fsp3) is 0.538. The van der Waals surface area contributed by atoms with Gasteiger partial charge in [-0.15, -0.1) is 0 Å². The molecule has 0 bridgehead atoms. The lowest BCUT2D eigenvalue weighted by atomic mass is 10.0. The van der Waals surface area contributed by atoms with Crippen molar-refractivity contribution in [3.63, 3.8) is 0 Å². The Balaban J connectivity index is 2.57. The molecule has 0 aliphatic heterocycles. The fourth-order valence-corrected chi connectivity index (χ4v) is 1.84. The summed E-state index contributed by atoms with van der Waals surface area (Å²) < 4.78 is 0. The average molecular weight is 250 g/mol. The van der Waals surface area contributed by atoms with Crippen LogP contribution in [0.4, 0.5) is 5.69 Å². The van der Waals surface area contributed by atoms with Gasteiger partial charge >= 0.3 is 0 Å². The zero-order valence-corrected chi connectivity index (χ0v) is 11.5. The number of rotatable bonds is 5. The summed E-state index contributed by atoms with van der Waals surface area (Å²) in [6.07, 6.45) is 1.49. The lowest BCUT2D eigenvalue weighted by molar-refractivity contribution is 0.0930. The SMILES string of the molecule is CC(C)C(CNC(=O)c1ccc(N)cn1)N(C)C. The first-order valence-electron chi connectivity index (χ1n) is 6.08. The van der Waals surface area contributed by atoms with E-state index in [0.717, 1.165) is 0 Å². The molecule has 5 nitrogen and oxygen atoms in total. The van der Waals surface area contributed by atoms with E-state index in [1.807, 2.05) is 14.1 Å². The number of nitrogens with zero attached hydrogens (tertiary/aromatic N) is 2. The molecule has 1 atom stereocenters.